The number of aliphatic imine (C=N–C) groups is 1. The smallest absolute Gasteiger partial charge is 0.345 e. The van der Waals surface area contributed by atoms with Gasteiger partial charge in [-0.1, -0.05) is 18.2 Å². The van der Waals surface area contributed by atoms with Crippen molar-refractivity contribution in [2.45, 2.75) is 0 Å². The van der Waals surface area contributed by atoms with Crippen molar-refractivity contribution in [2.24, 2.45) is 4.99 Å². The molecule has 0 saturated carbocycles. The minimum Gasteiger partial charge on any atom is -0.497 e. The zero-order valence-electron chi connectivity index (χ0n) is 13.9. The quantitative estimate of drug-likeness (QED) is 0.391. The van der Waals surface area contributed by atoms with Crippen molar-refractivity contribution in [3.05, 3.63) is 76.0 Å². The van der Waals surface area contributed by atoms with E-state index in [0.717, 1.165) is 16.7 Å². The van der Waals surface area contributed by atoms with Crippen LogP contribution in [0, 0.1) is 0 Å². The predicted octanol–water partition coefficient (Wildman–Crippen LogP) is 4.68. The van der Waals surface area contributed by atoms with Gasteiger partial charge in [0.25, 0.3) is 0 Å². The summed E-state index contributed by atoms with van der Waals surface area (Å²) in [5, 5.41) is 3.24. The summed E-state index contributed by atoms with van der Waals surface area (Å²) >= 11 is 1.37. The first-order chi connectivity index (χ1) is 12.7. The van der Waals surface area contributed by atoms with Gasteiger partial charge in [-0.2, -0.15) is 0 Å². The number of fused-ring (bicyclic) bond motifs is 1. The molecule has 26 heavy (non-hydrogen) atoms. The van der Waals surface area contributed by atoms with Gasteiger partial charge in [-0.3, -0.25) is 0 Å². The maximum atomic E-state index is 12.2. The standard InChI is InChI=1S/C20H14N2O3S/c1-24-15-8-6-13(7-9-15)11-21-20-22-17(12-26-20)16-10-14-4-2-3-5-18(14)25-19(16)23/h2-12H,1H3/b21-11+. The lowest BCUT2D eigenvalue weighted by Crippen LogP contribution is -2.02. The van der Waals surface area contributed by atoms with Crippen LogP contribution in [-0.4, -0.2) is 18.3 Å². The Kier molecular flexibility index (Phi) is 4.33. The van der Waals surface area contributed by atoms with E-state index in [9.17, 15) is 4.79 Å². The van der Waals surface area contributed by atoms with Crippen molar-refractivity contribution in [3.63, 3.8) is 0 Å². The summed E-state index contributed by atoms with van der Waals surface area (Å²) in [5.41, 5.74) is 2.10. The molecule has 0 N–H and O–H groups in total. The number of hydrogen-bond donors (Lipinski definition) is 0. The fourth-order valence-corrected chi connectivity index (χ4v) is 3.17. The number of para-hydroxylation sites is 1. The highest BCUT2D eigenvalue weighted by Crippen LogP contribution is 2.26. The molecule has 6 heteroatoms. The van der Waals surface area contributed by atoms with E-state index in [1.165, 1.54) is 11.3 Å². The molecule has 4 aromatic rings. The van der Waals surface area contributed by atoms with Gasteiger partial charge in [0.1, 0.15) is 11.3 Å². The molecule has 0 atom stereocenters. The monoisotopic (exact) mass is 362 g/mol. The highest BCUT2D eigenvalue weighted by molar-refractivity contribution is 7.13. The molecule has 2 heterocycles. The number of rotatable bonds is 4. The highest BCUT2D eigenvalue weighted by Gasteiger charge is 2.11. The molecule has 0 fully saturated rings. The summed E-state index contributed by atoms with van der Waals surface area (Å²) in [6.07, 6.45) is 1.73. The lowest BCUT2D eigenvalue weighted by molar-refractivity contribution is 0.415. The van der Waals surface area contributed by atoms with Crippen molar-refractivity contribution in [3.8, 4) is 17.0 Å². The van der Waals surface area contributed by atoms with Gasteiger partial charge in [-0.05, 0) is 42.0 Å². The van der Waals surface area contributed by atoms with Crippen LogP contribution in [0.4, 0.5) is 5.13 Å². The van der Waals surface area contributed by atoms with E-state index in [4.69, 9.17) is 9.15 Å². The summed E-state index contributed by atoms with van der Waals surface area (Å²) in [7, 11) is 1.63. The number of benzene rings is 2. The van der Waals surface area contributed by atoms with Gasteiger partial charge in [0.15, 0.2) is 0 Å². The lowest BCUT2D eigenvalue weighted by atomic mass is 10.1. The van der Waals surface area contributed by atoms with E-state index in [1.807, 2.05) is 47.8 Å². The van der Waals surface area contributed by atoms with Crippen molar-refractivity contribution < 1.29 is 9.15 Å². The van der Waals surface area contributed by atoms with Crippen LogP contribution < -0.4 is 10.4 Å². The first-order valence-electron chi connectivity index (χ1n) is 7.90. The Morgan fingerprint density at radius 3 is 2.77 bits per heavy atom. The van der Waals surface area contributed by atoms with E-state index in [0.29, 0.717) is 22.0 Å². The summed E-state index contributed by atoms with van der Waals surface area (Å²) < 4.78 is 10.5. The first-order valence-corrected chi connectivity index (χ1v) is 8.78. The Morgan fingerprint density at radius 2 is 1.96 bits per heavy atom. The normalized spacial score (nSPS) is 11.3. The molecule has 0 aliphatic heterocycles. The maximum Gasteiger partial charge on any atom is 0.345 e. The zero-order valence-corrected chi connectivity index (χ0v) is 14.7. The molecule has 2 aromatic heterocycles. The van der Waals surface area contributed by atoms with Gasteiger partial charge in [-0.15, -0.1) is 11.3 Å². The van der Waals surface area contributed by atoms with E-state index in [1.54, 1.807) is 25.5 Å². The van der Waals surface area contributed by atoms with Crippen LogP contribution in [0.25, 0.3) is 22.2 Å². The van der Waals surface area contributed by atoms with Crippen molar-refractivity contribution >= 4 is 33.7 Å². The Hall–Kier alpha value is -3.25. The van der Waals surface area contributed by atoms with Gasteiger partial charge in [0.2, 0.25) is 5.13 Å². The SMILES string of the molecule is COc1ccc(/C=N/c2nc(-c3cc4ccccc4oc3=O)cs2)cc1. The molecular formula is C20H14N2O3S. The van der Waals surface area contributed by atoms with Crippen molar-refractivity contribution in [1.29, 1.82) is 0 Å². The summed E-state index contributed by atoms with van der Waals surface area (Å²) in [4.78, 5) is 21.0. The Morgan fingerprint density at radius 1 is 1.15 bits per heavy atom. The van der Waals surface area contributed by atoms with Gasteiger partial charge < -0.3 is 9.15 Å². The highest BCUT2D eigenvalue weighted by atomic mass is 32.1. The lowest BCUT2D eigenvalue weighted by Gasteiger charge is -1.99. The maximum absolute atomic E-state index is 12.2. The molecule has 0 bridgehead atoms. The van der Waals surface area contributed by atoms with Gasteiger partial charge in [0, 0.05) is 17.0 Å². The van der Waals surface area contributed by atoms with E-state index in [-0.39, 0.29) is 0 Å². The number of methoxy groups -OCH3 is 1. The topological polar surface area (TPSA) is 64.7 Å². The molecule has 0 aliphatic carbocycles. The van der Waals surface area contributed by atoms with Crippen LogP contribution in [0.3, 0.4) is 0 Å². The van der Waals surface area contributed by atoms with Crippen LogP contribution in [-0.2, 0) is 0 Å². The van der Waals surface area contributed by atoms with Gasteiger partial charge in [0.05, 0.1) is 18.4 Å². The number of ether oxygens (including phenoxy) is 1. The summed E-state index contributed by atoms with van der Waals surface area (Å²) in [5.74, 6) is 0.793. The fourth-order valence-electron chi connectivity index (χ4n) is 2.51. The van der Waals surface area contributed by atoms with Crippen LogP contribution in [0.5, 0.6) is 5.75 Å². The largest absolute Gasteiger partial charge is 0.497 e. The molecular weight excluding hydrogens is 348 g/mol. The van der Waals surface area contributed by atoms with Crippen molar-refractivity contribution in [2.75, 3.05) is 7.11 Å². The number of hydrogen-bond acceptors (Lipinski definition) is 6. The molecule has 4 rings (SSSR count). The second-order valence-electron chi connectivity index (χ2n) is 5.53. The number of nitrogens with zero attached hydrogens (tertiary/aromatic N) is 2. The molecule has 0 spiro atoms. The van der Waals surface area contributed by atoms with E-state index < -0.39 is 5.63 Å². The summed E-state index contributed by atoms with van der Waals surface area (Å²) in [6, 6.07) is 16.8. The predicted molar refractivity (Wildman–Crippen MR) is 104 cm³/mol. The third-order valence-corrected chi connectivity index (χ3v) is 4.60. The van der Waals surface area contributed by atoms with Crippen molar-refractivity contribution in [1.82, 2.24) is 4.98 Å². The molecule has 128 valence electrons. The molecule has 0 saturated heterocycles. The second kappa shape index (κ2) is 6.93. The minimum atomic E-state index is -0.403. The Labute approximate surface area is 153 Å². The van der Waals surface area contributed by atoms with Gasteiger partial charge in [-0.25, -0.2) is 14.8 Å². The first kappa shape index (κ1) is 16.2. The average Bonchev–Trinajstić information content (AvgIpc) is 3.15. The summed E-state index contributed by atoms with van der Waals surface area (Å²) in [6.45, 7) is 0. The van der Waals surface area contributed by atoms with E-state index in [2.05, 4.69) is 9.98 Å². The minimum absolute atomic E-state index is 0.403. The zero-order chi connectivity index (χ0) is 17.9. The number of thiazole rings is 1. The Bertz CT molecular complexity index is 1140. The van der Waals surface area contributed by atoms with Crippen LogP contribution in [0.1, 0.15) is 5.56 Å². The van der Waals surface area contributed by atoms with Crippen LogP contribution in [0.15, 0.2) is 74.2 Å². The third-order valence-electron chi connectivity index (χ3n) is 3.85. The van der Waals surface area contributed by atoms with Gasteiger partial charge >= 0.3 is 5.63 Å². The average molecular weight is 362 g/mol. The fraction of sp³-hybridized carbons (Fsp3) is 0.0500. The molecule has 0 amide bonds. The van der Waals surface area contributed by atoms with E-state index >= 15 is 0 Å². The third kappa shape index (κ3) is 3.27. The number of aromatic nitrogens is 1. The van der Waals surface area contributed by atoms with Crippen LogP contribution in [0.2, 0.25) is 0 Å². The Balaban J connectivity index is 1.62. The second-order valence-corrected chi connectivity index (χ2v) is 6.37. The molecule has 0 unspecified atom stereocenters. The molecule has 2 aromatic carbocycles. The molecule has 5 nitrogen and oxygen atoms in total. The molecule has 0 aliphatic rings. The van der Waals surface area contributed by atoms with Crippen LogP contribution >= 0.6 is 11.3 Å². The molecule has 0 radical (unpaired) electrons.